The first-order valence-corrected chi connectivity index (χ1v) is 16.6. The van der Waals surface area contributed by atoms with Crippen LogP contribution in [0.4, 0.5) is 0 Å². The first-order chi connectivity index (χ1) is 13.7. The highest BCUT2D eigenvalue weighted by atomic mass is 28.4. The maximum Gasteiger partial charge on any atom is 0.200 e. The zero-order valence-corrected chi connectivity index (χ0v) is 24.1. The van der Waals surface area contributed by atoms with Gasteiger partial charge >= 0.3 is 0 Å². The topological polar surface area (TPSA) is 38.7 Å². The standard InChI is InChI=1S/C25H52O3Si2/c1-16(2)29(17(3)4,18(5)6)27-15-23-22(13)24(26)14-25(23)28-30(19(7)8,20(9)10)21(11)12/h16-21,23-26H,13-15H2,1-12H3/t23-,24+,25-/m0/s1. The third kappa shape index (κ3) is 5.16. The highest BCUT2D eigenvalue weighted by Gasteiger charge is 2.51. The first-order valence-electron chi connectivity index (χ1n) is 12.3. The number of hydrogen-bond acceptors (Lipinski definition) is 3. The fourth-order valence-electron chi connectivity index (χ4n) is 6.77. The molecule has 0 aromatic heterocycles. The van der Waals surface area contributed by atoms with Crippen LogP contribution in [-0.2, 0) is 8.85 Å². The summed E-state index contributed by atoms with van der Waals surface area (Å²) >= 11 is 0. The van der Waals surface area contributed by atoms with Gasteiger partial charge in [-0.3, -0.25) is 0 Å². The van der Waals surface area contributed by atoms with Crippen LogP contribution in [0.15, 0.2) is 12.2 Å². The molecular formula is C25H52O3Si2. The molecule has 0 aromatic carbocycles. The average Bonchev–Trinajstić information content (AvgIpc) is 2.85. The van der Waals surface area contributed by atoms with Crippen molar-refractivity contribution in [3.63, 3.8) is 0 Å². The molecule has 0 amide bonds. The highest BCUT2D eigenvalue weighted by molar-refractivity contribution is 6.78. The van der Waals surface area contributed by atoms with Crippen LogP contribution in [0.2, 0.25) is 33.2 Å². The Hall–Kier alpha value is 0.0538. The van der Waals surface area contributed by atoms with E-state index in [1.807, 2.05) is 0 Å². The summed E-state index contributed by atoms with van der Waals surface area (Å²) in [6, 6.07) is 0. The van der Waals surface area contributed by atoms with Crippen molar-refractivity contribution in [1.82, 2.24) is 0 Å². The minimum atomic E-state index is -2.03. The van der Waals surface area contributed by atoms with Crippen LogP contribution < -0.4 is 0 Å². The van der Waals surface area contributed by atoms with Crippen molar-refractivity contribution in [2.45, 2.75) is 135 Å². The SMILES string of the molecule is C=C1[C@H](O)C[C@H](O[Si](C(C)C)(C(C)C)C(C)C)[C@H]1CO[Si](C(C)C)(C(C)C)C(C)C. The Balaban J connectivity index is 3.22. The molecular weight excluding hydrogens is 404 g/mol. The van der Waals surface area contributed by atoms with Crippen LogP contribution in [0.1, 0.15) is 89.5 Å². The van der Waals surface area contributed by atoms with E-state index in [1.165, 1.54) is 0 Å². The normalized spacial score (nSPS) is 24.0. The Bertz CT molecular complexity index is 511. The monoisotopic (exact) mass is 456 g/mol. The first kappa shape index (κ1) is 28.1. The fourth-order valence-corrected chi connectivity index (χ4v) is 17.8. The number of aliphatic hydroxyl groups is 1. The van der Waals surface area contributed by atoms with Crippen molar-refractivity contribution in [2.75, 3.05) is 6.61 Å². The van der Waals surface area contributed by atoms with E-state index < -0.39 is 22.7 Å². The lowest BCUT2D eigenvalue weighted by Crippen LogP contribution is -2.52. The van der Waals surface area contributed by atoms with Gasteiger partial charge in [0.15, 0.2) is 8.32 Å². The quantitative estimate of drug-likeness (QED) is 0.256. The van der Waals surface area contributed by atoms with Crippen LogP contribution in [0, 0.1) is 5.92 Å². The van der Waals surface area contributed by atoms with Crippen LogP contribution in [-0.4, -0.2) is 40.6 Å². The Labute approximate surface area is 190 Å². The van der Waals surface area contributed by atoms with Gasteiger partial charge in [0.2, 0.25) is 8.32 Å². The zero-order valence-electron chi connectivity index (χ0n) is 22.1. The molecule has 0 aliphatic heterocycles. The molecule has 0 unspecified atom stereocenters. The van der Waals surface area contributed by atoms with Gasteiger partial charge < -0.3 is 14.0 Å². The molecule has 178 valence electrons. The second kappa shape index (κ2) is 10.8. The van der Waals surface area contributed by atoms with Gasteiger partial charge in [-0.25, -0.2) is 0 Å². The predicted octanol–water partition coefficient (Wildman–Crippen LogP) is 7.68. The van der Waals surface area contributed by atoms with Crippen molar-refractivity contribution in [2.24, 2.45) is 5.92 Å². The van der Waals surface area contributed by atoms with Crippen LogP contribution >= 0.6 is 0 Å². The Morgan fingerprint density at radius 3 is 1.47 bits per heavy atom. The highest BCUT2D eigenvalue weighted by Crippen LogP contribution is 2.48. The fraction of sp³-hybridized carbons (Fsp3) is 0.920. The minimum absolute atomic E-state index is 0.0181. The van der Waals surface area contributed by atoms with Gasteiger partial charge in [0.1, 0.15) is 0 Å². The molecule has 3 nitrogen and oxygen atoms in total. The van der Waals surface area contributed by atoms with E-state index in [9.17, 15) is 5.11 Å². The van der Waals surface area contributed by atoms with Gasteiger partial charge in [0.25, 0.3) is 0 Å². The molecule has 1 aliphatic carbocycles. The number of hydrogen-bond donors (Lipinski definition) is 1. The Morgan fingerprint density at radius 1 is 0.767 bits per heavy atom. The smallest absolute Gasteiger partial charge is 0.200 e. The van der Waals surface area contributed by atoms with Crippen molar-refractivity contribution >= 4 is 16.6 Å². The molecule has 1 aliphatic rings. The van der Waals surface area contributed by atoms with Crippen molar-refractivity contribution in [3.05, 3.63) is 12.2 Å². The molecule has 1 rings (SSSR count). The van der Waals surface area contributed by atoms with E-state index in [1.54, 1.807) is 0 Å². The summed E-state index contributed by atoms with van der Waals surface area (Å²) in [4.78, 5) is 0. The van der Waals surface area contributed by atoms with E-state index in [4.69, 9.17) is 8.85 Å². The van der Waals surface area contributed by atoms with E-state index in [0.717, 1.165) is 5.57 Å². The summed E-state index contributed by atoms with van der Waals surface area (Å²) in [7, 11) is -4.00. The van der Waals surface area contributed by atoms with Gasteiger partial charge in [0, 0.05) is 18.9 Å². The molecule has 0 spiro atoms. The van der Waals surface area contributed by atoms with Gasteiger partial charge in [-0.05, 0) is 38.8 Å². The predicted molar refractivity (Wildman–Crippen MR) is 136 cm³/mol. The second-order valence-corrected chi connectivity index (χ2v) is 22.4. The lowest BCUT2D eigenvalue weighted by Gasteiger charge is -2.46. The molecule has 3 atom stereocenters. The zero-order chi connectivity index (χ0) is 23.6. The van der Waals surface area contributed by atoms with E-state index >= 15 is 0 Å². The summed E-state index contributed by atoms with van der Waals surface area (Å²) in [6.07, 6.45) is 0.201. The molecule has 0 heterocycles. The van der Waals surface area contributed by atoms with Crippen LogP contribution in [0.3, 0.4) is 0 Å². The van der Waals surface area contributed by atoms with Crippen LogP contribution in [0.5, 0.6) is 0 Å². The average molecular weight is 457 g/mol. The molecule has 1 saturated carbocycles. The van der Waals surface area contributed by atoms with Crippen LogP contribution in [0.25, 0.3) is 0 Å². The molecule has 5 heteroatoms. The molecule has 1 fully saturated rings. The second-order valence-electron chi connectivity index (χ2n) is 11.5. The maximum absolute atomic E-state index is 10.7. The third-order valence-corrected chi connectivity index (χ3v) is 20.3. The van der Waals surface area contributed by atoms with Crippen molar-refractivity contribution < 1.29 is 14.0 Å². The van der Waals surface area contributed by atoms with Crippen molar-refractivity contribution in [3.8, 4) is 0 Å². The van der Waals surface area contributed by atoms with E-state index in [0.29, 0.717) is 46.3 Å². The summed E-state index contributed by atoms with van der Waals surface area (Å²) in [5.74, 6) is 0.0891. The third-order valence-electron chi connectivity index (χ3n) is 8.09. The summed E-state index contributed by atoms with van der Waals surface area (Å²) < 4.78 is 14.1. The lowest BCUT2D eigenvalue weighted by molar-refractivity contribution is 0.0981. The van der Waals surface area contributed by atoms with Gasteiger partial charge in [-0.15, -0.1) is 0 Å². The molecule has 30 heavy (non-hydrogen) atoms. The molecule has 0 saturated heterocycles. The Kier molecular flexibility index (Phi) is 10.1. The van der Waals surface area contributed by atoms with Gasteiger partial charge in [-0.1, -0.05) is 89.7 Å². The molecule has 0 bridgehead atoms. The Morgan fingerprint density at radius 2 is 1.13 bits per heavy atom. The van der Waals surface area contributed by atoms with Gasteiger partial charge in [-0.2, -0.15) is 0 Å². The van der Waals surface area contributed by atoms with E-state index in [-0.39, 0.29) is 12.0 Å². The molecule has 0 radical (unpaired) electrons. The van der Waals surface area contributed by atoms with Crippen molar-refractivity contribution in [1.29, 1.82) is 0 Å². The van der Waals surface area contributed by atoms with E-state index in [2.05, 4.69) is 89.7 Å². The number of aliphatic hydroxyl groups excluding tert-OH is 1. The summed E-state index contributed by atoms with van der Waals surface area (Å²) in [5, 5.41) is 10.7. The molecule has 0 aromatic rings. The lowest BCUT2D eigenvalue weighted by atomic mass is 10.0. The minimum Gasteiger partial charge on any atom is -0.415 e. The largest absolute Gasteiger partial charge is 0.415 e. The molecule has 1 N–H and O–H groups in total. The summed E-state index contributed by atoms with van der Waals surface area (Å²) in [6.45, 7) is 32.8. The van der Waals surface area contributed by atoms with Gasteiger partial charge in [0.05, 0.1) is 12.2 Å². The summed E-state index contributed by atoms with van der Waals surface area (Å²) in [5.41, 5.74) is 4.14. The maximum atomic E-state index is 10.7. The number of rotatable bonds is 11.